The van der Waals surface area contributed by atoms with E-state index in [-0.39, 0.29) is 22.0 Å². The van der Waals surface area contributed by atoms with Crippen molar-refractivity contribution in [2.75, 3.05) is 21.3 Å². The molecule has 2 aromatic carbocycles. The first-order valence-electron chi connectivity index (χ1n) is 8.08. The number of rotatable bonds is 7. The van der Waals surface area contributed by atoms with Gasteiger partial charge in [0.1, 0.15) is 10.5 Å². The van der Waals surface area contributed by atoms with E-state index >= 15 is 0 Å². The molecule has 0 aliphatic rings. The van der Waals surface area contributed by atoms with E-state index < -0.39 is 22.1 Å². The summed E-state index contributed by atoms with van der Waals surface area (Å²) < 4.78 is 45.2. The summed E-state index contributed by atoms with van der Waals surface area (Å²) in [6.45, 7) is 0. The maximum absolute atomic E-state index is 12.6. The minimum atomic E-state index is -4.16. The standard InChI is InChI=1S/C19H16ClIO8S/c1-26-16-10-11(8-14(18(22)27-2)19(23)28-3)9-15(21)17(16)29-30(24,25)13-6-4-12(20)5-7-13/h4-10H,1-3H3. The third-order valence-electron chi connectivity index (χ3n) is 3.67. The fourth-order valence-corrected chi connectivity index (χ4v) is 4.22. The lowest BCUT2D eigenvalue weighted by Gasteiger charge is -2.14. The molecule has 0 aliphatic carbocycles. The molecule has 160 valence electrons. The van der Waals surface area contributed by atoms with Crippen molar-refractivity contribution < 1.29 is 36.4 Å². The van der Waals surface area contributed by atoms with Crippen molar-refractivity contribution >= 4 is 62.3 Å². The molecule has 0 aromatic heterocycles. The number of hydrogen-bond donors (Lipinski definition) is 0. The first kappa shape index (κ1) is 24.0. The van der Waals surface area contributed by atoms with Crippen molar-refractivity contribution in [3.05, 3.63) is 56.1 Å². The molecule has 30 heavy (non-hydrogen) atoms. The van der Waals surface area contributed by atoms with Gasteiger partial charge in [-0.15, -0.1) is 0 Å². The fourth-order valence-electron chi connectivity index (χ4n) is 2.25. The molecule has 0 heterocycles. The second-order valence-electron chi connectivity index (χ2n) is 5.57. The Balaban J connectivity index is 2.50. The predicted molar refractivity (Wildman–Crippen MR) is 117 cm³/mol. The van der Waals surface area contributed by atoms with Gasteiger partial charge in [-0.3, -0.25) is 0 Å². The molecule has 0 atom stereocenters. The number of esters is 2. The average Bonchev–Trinajstić information content (AvgIpc) is 2.72. The van der Waals surface area contributed by atoms with E-state index in [4.69, 9.17) is 20.5 Å². The zero-order chi connectivity index (χ0) is 22.5. The van der Waals surface area contributed by atoms with Crippen molar-refractivity contribution in [1.82, 2.24) is 0 Å². The summed E-state index contributed by atoms with van der Waals surface area (Å²) in [7, 11) is -0.587. The lowest BCUT2D eigenvalue weighted by atomic mass is 10.1. The van der Waals surface area contributed by atoms with Gasteiger partial charge >= 0.3 is 22.1 Å². The van der Waals surface area contributed by atoms with Crippen LogP contribution < -0.4 is 8.92 Å². The summed E-state index contributed by atoms with van der Waals surface area (Å²) in [6, 6.07) is 8.38. The zero-order valence-corrected chi connectivity index (χ0v) is 19.7. The number of carbonyl (C=O) groups excluding carboxylic acids is 2. The smallest absolute Gasteiger partial charge is 0.345 e. The Labute approximate surface area is 192 Å². The van der Waals surface area contributed by atoms with Crippen molar-refractivity contribution in [2.45, 2.75) is 4.90 Å². The number of halogens is 2. The first-order valence-corrected chi connectivity index (χ1v) is 10.9. The van der Waals surface area contributed by atoms with Crippen LogP contribution in [0.1, 0.15) is 5.56 Å². The van der Waals surface area contributed by atoms with E-state index in [2.05, 4.69) is 9.47 Å². The third kappa shape index (κ3) is 5.64. The van der Waals surface area contributed by atoms with E-state index in [1.807, 2.05) is 22.6 Å². The molecular weight excluding hydrogens is 551 g/mol. The highest BCUT2D eigenvalue weighted by molar-refractivity contribution is 14.1. The summed E-state index contributed by atoms with van der Waals surface area (Å²) in [5, 5.41) is 0.379. The van der Waals surface area contributed by atoms with E-state index in [0.29, 0.717) is 14.2 Å². The average molecular weight is 567 g/mol. The van der Waals surface area contributed by atoms with Crippen LogP contribution in [-0.4, -0.2) is 41.7 Å². The van der Waals surface area contributed by atoms with Gasteiger partial charge in [0, 0.05) is 5.02 Å². The van der Waals surface area contributed by atoms with Crippen LogP contribution in [0.5, 0.6) is 11.5 Å². The van der Waals surface area contributed by atoms with Crippen LogP contribution in [0.2, 0.25) is 5.02 Å². The maximum atomic E-state index is 12.6. The van der Waals surface area contributed by atoms with E-state index in [1.165, 1.54) is 49.6 Å². The molecule has 2 aromatic rings. The topological polar surface area (TPSA) is 105 Å². The zero-order valence-electron chi connectivity index (χ0n) is 16.0. The predicted octanol–water partition coefficient (Wildman–Crippen LogP) is 3.45. The highest BCUT2D eigenvalue weighted by atomic mass is 127. The summed E-state index contributed by atoms with van der Waals surface area (Å²) >= 11 is 7.64. The molecule has 11 heteroatoms. The van der Waals surface area contributed by atoms with Crippen molar-refractivity contribution in [3.63, 3.8) is 0 Å². The first-order chi connectivity index (χ1) is 14.1. The summed E-state index contributed by atoms with van der Waals surface area (Å²) in [5.41, 5.74) is 0.0126. The molecule has 0 N–H and O–H groups in total. The lowest BCUT2D eigenvalue weighted by molar-refractivity contribution is -0.143. The largest absolute Gasteiger partial charge is 0.493 e. The Hall–Kier alpha value is -2.31. The maximum Gasteiger partial charge on any atom is 0.345 e. The number of methoxy groups -OCH3 is 3. The SMILES string of the molecule is COC(=O)C(=Cc1cc(I)c(OS(=O)(=O)c2ccc(Cl)cc2)c(OC)c1)C(=O)OC. The van der Waals surface area contributed by atoms with E-state index in [9.17, 15) is 18.0 Å². The van der Waals surface area contributed by atoms with Crippen molar-refractivity contribution in [1.29, 1.82) is 0 Å². The molecule has 0 fully saturated rings. The molecule has 0 saturated carbocycles. The number of ether oxygens (including phenoxy) is 3. The van der Waals surface area contributed by atoms with Gasteiger partial charge in [0.25, 0.3) is 0 Å². The van der Waals surface area contributed by atoms with E-state index in [0.717, 1.165) is 14.2 Å². The molecule has 0 radical (unpaired) electrons. The van der Waals surface area contributed by atoms with Gasteiger partial charge in [-0.1, -0.05) is 11.6 Å². The number of hydrogen-bond acceptors (Lipinski definition) is 8. The van der Waals surface area contributed by atoms with Crippen molar-refractivity contribution in [3.8, 4) is 11.5 Å². The minimum Gasteiger partial charge on any atom is -0.493 e. The van der Waals surface area contributed by atoms with Gasteiger partial charge in [0.05, 0.1) is 24.9 Å². The molecule has 2 rings (SSSR count). The minimum absolute atomic E-state index is 0.0529. The monoisotopic (exact) mass is 566 g/mol. The van der Waals surface area contributed by atoms with Crippen LogP contribution in [0.3, 0.4) is 0 Å². The number of carbonyl (C=O) groups is 2. The summed E-state index contributed by atoms with van der Waals surface area (Å²) in [5.74, 6) is -1.76. The molecule has 0 spiro atoms. The molecule has 8 nitrogen and oxygen atoms in total. The van der Waals surface area contributed by atoms with Crippen LogP contribution in [0.15, 0.2) is 46.9 Å². The van der Waals surface area contributed by atoms with Gasteiger partial charge in [-0.2, -0.15) is 8.42 Å². The van der Waals surface area contributed by atoms with Gasteiger partial charge < -0.3 is 18.4 Å². The Kier molecular flexibility index (Phi) is 8.10. The van der Waals surface area contributed by atoms with Crippen LogP contribution in [0, 0.1) is 3.57 Å². The van der Waals surface area contributed by atoms with Crippen LogP contribution in [-0.2, 0) is 29.2 Å². The lowest BCUT2D eigenvalue weighted by Crippen LogP contribution is -2.15. The normalized spacial score (nSPS) is 10.7. The molecule has 0 unspecified atom stereocenters. The fraction of sp³-hybridized carbons (Fsp3) is 0.158. The quantitative estimate of drug-likeness (QED) is 0.125. The molecule has 0 amide bonds. The summed E-state index contributed by atoms with van der Waals surface area (Å²) in [4.78, 5) is 23.6. The van der Waals surface area contributed by atoms with Gasteiger partial charge in [0.2, 0.25) is 0 Å². The Morgan fingerprint density at radius 3 is 2.07 bits per heavy atom. The van der Waals surface area contributed by atoms with Crippen LogP contribution >= 0.6 is 34.2 Å². The van der Waals surface area contributed by atoms with Gasteiger partial charge in [-0.05, 0) is 70.6 Å². The molecule has 0 saturated heterocycles. The van der Waals surface area contributed by atoms with E-state index in [1.54, 1.807) is 0 Å². The molecule has 0 bridgehead atoms. The van der Waals surface area contributed by atoms with Crippen LogP contribution in [0.4, 0.5) is 0 Å². The third-order valence-corrected chi connectivity index (χ3v) is 5.96. The highest BCUT2D eigenvalue weighted by Gasteiger charge is 2.24. The molecule has 0 aliphatic heterocycles. The van der Waals surface area contributed by atoms with Gasteiger partial charge in [0.15, 0.2) is 11.5 Å². The highest BCUT2D eigenvalue weighted by Crippen LogP contribution is 2.36. The number of benzene rings is 2. The summed E-state index contributed by atoms with van der Waals surface area (Å²) in [6.07, 6.45) is 1.24. The van der Waals surface area contributed by atoms with Gasteiger partial charge in [-0.25, -0.2) is 9.59 Å². The second kappa shape index (κ2) is 10.1. The molecular formula is C19H16ClIO8S. The Morgan fingerprint density at radius 2 is 1.57 bits per heavy atom. The second-order valence-corrected chi connectivity index (χ2v) is 8.71. The van der Waals surface area contributed by atoms with Crippen LogP contribution in [0.25, 0.3) is 6.08 Å². The Bertz CT molecular complexity index is 1080. The Morgan fingerprint density at radius 1 is 1.00 bits per heavy atom. The van der Waals surface area contributed by atoms with Crippen molar-refractivity contribution in [2.24, 2.45) is 0 Å².